The Bertz CT molecular complexity index is 680. The molecule has 96 valence electrons. The van der Waals surface area contributed by atoms with Gasteiger partial charge in [0.25, 0.3) is 0 Å². The third kappa shape index (κ3) is 2.33. The molecule has 0 aliphatic carbocycles. The fourth-order valence-electron chi connectivity index (χ4n) is 1.73. The van der Waals surface area contributed by atoms with E-state index in [0.29, 0.717) is 5.69 Å². The van der Waals surface area contributed by atoms with Crippen molar-refractivity contribution in [1.82, 2.24) is 4.98 Å². The predicted molar refractivity (Wildman–Crippen MR) is 68.9 cm³/mol. The lowest BCUT2D eigenvalue weighted by atomic mass is 10.2. The zero-order chi connectivity index (χ0) is 13.5. The van der Waals surface area contributed by atoms with Gasteiger partial charge in [-0.05, 0) is 9.58 Å². The number of hydrogen-bond acceptors (Lipinski definition) is 2. The van der Waals surface area contributed by atoms with E-state index >= 15 is 0 Å². The molecule has 0 atom stereocenters. The molecule has 0 aliphatic rings. The fourth-order valence-corrected chi connectivity index (χ4v) is 2.71. The SMILES string of the molecule is FC(F)(F)c1ccc(-c2[c-]c3ccccc3s2)nc1. The third-order valence-corrected chi connectivity index (χ3v) is 3.76. The Morgan fingerprint density at radius 2 is 1.84 bits per heavy atom. The van der Waals surface area contributed by atoms with E-state index < -0.39 is 11.7 Å². The van der Waals surface area contributed by atoms with Crippen LogP contribution in [0.2, 0.25) is 0 Å². The van der Waals surface area contributed by atoms with Crippen molar-refractivity contribution in [3.05, 3.63) is 54.2 Å². The second-order valence-corrected chi connectivity index (χ2v) is 5.03. The second kappa shape index (κ2) is 4.35. The monoisotopic (exact) mass is 278 g/mol. The molecule has 0 unspecified atom stereocenters. The number of hydrogen-bond donors (Lipinski definition) is 0. The van der Waals surface area contributed by atoms with Crippen LogP contribution >= 0.6 is 11.3 Å². The summed E-state index contributed by atoms with van der Waals surface area (Å²) >= 11 is 1.46. The van der Waals surface area contributed by atoms with Gasteiger partial charge in [-0.2, -0.15) is 13.2 Å². The van der Waals surface area contributed by atoms with E-state index in [1.54, 1.807) is 0 Å². The normalized spacial score (nSPS) is 11.9. The Hall–Kier alpha value is -1.88. The number of rotatable bonds is 1. The molecule has 1 nitrogen and oxygen atoms in total. The lowest BCUT2D eigenvalue weighted by molar-refractivity contribution is -0.137. The summed E-state index contributed by atoms with van der Waals surface area (Å²) in [7, 11) is 0. The van der Waals surface area contributed by atoms with Gasteiger partial charge in [0.05, 0.1) is 5.56 Å². The summed E-state index contributed by atoms with van der Waals surface area (Å²) in [4.78, 5) is 4.62. The van der Waals surface area contributed by atoms with Crippen molar-refractivity contribution < 1.29 is 13.2 Å². The Kier molecular flexibility index (Phi) is 2.78. The molecule has 1 aromatic carbocycles. The van der Waals surface area contributed by atoms with Crippen LogP contribution in [-0.4, -0.2) is 4.98 Å². The minimum Gasteiger partial charge on any atom is -0.303 e. The average Bonchev–Trinajstić information content (AvgIpc) is 2.81. The number of pyridine rings is 1. The summed E-state index contributed by atoms with van der Waals surface area (Å²) in [6.45, 7) is 0. The molecule has 0 N–H and O–H groups in total. The Labute approximate surface area is 111 Å². The Morgan fingerprint density at radius 3 is 2.47 bits per heavy atom. The molecular weight excluding hydrogens is 271 g/mol. The summed E-state index contributed by atoms with van der Waals surface area (Å²) in [6, 6.07) is 13.2. The van der Waals surface area contributed by atoms with Gasteiger partial charge in [-0.15, -0.1) is 23.6 Å². The maximum absolute atomic E-state index is 12.4. The molecule has 0 radical (unpaired) electrons. The van der Waals surface area contributed by atoms with Crippen LogP contribution in [0.1, 0.15) is 5.56 Å². The van der Waals surface area contributed by atoms with Gasteiger partial charge in [0.15, 0.2) is 0 Å². The molecule has 5 heteroatoms. The molecule has 0 amide bonds. The Balaban J connectivity index is 2.02. The molecule has 0 fully saturated rings. The Morgan fingerprint density at radius 1 is 1.05 bits per heavy atom. The standard InChI is InChI=1S/C14H7F3NS/c15-14(16,17)10-5-6-11(18-8-10)13-7-9-3-1-2-4-12(9)19-13/h1-6,8H/q-1. The lowest BCUT2D eigenvalue weighted by Crippen LogP contribution is -2.05. The molecule has 3 rings (SSSR count). The minimum atomic E-state index is -4.35. The summed E-state index contributed by atoms with van der Waals surface area (Å²) in [5, 5.41) is 0.948. The number of alkyl halides is 3. The maximum atomic E-state index is 12.4. The molecule has 19 heavy (non-hydrogen) atoms. The number of thiophene rings is 1. The molecule has 0 spiro atoms. The van der Waals surface area contributed by atoms with Crippen LogP contribution in [0.25, 0.3) is 20.7 Å². The number of aromatic nitrogens is 1. The van der Waals surface area contributed by atoms with Crippen LogP contribution in [-0.2, 0) is 6.18 Å². The van der Waals surface area contributed by atoms with E-state index in [1.165, 1.54) is 17.4 Å². The predicted octanol–water partition coefficient (Wildman–Crippen LogP) is 4.78. The van der Waals surface area contributed by atoms with E-state index in [-0.39, 0.29) is 0 Å². The van der Waals surface area contributed by atoms with Gasteiger partial charge in [0.2, 0.25) is 0 Å². The maximum Gasteiger partial charge on any atom is 0.417 e. The number of fused-ring (bicyclic) bond motifs is 1. The smallest absolute Gasteiger partial charge is 0.303 e. The molecule has 0 saturated carbocycles. The quantitative estimate of drug-likeness (QED) is 0.584. The van der Waals surface area contributed by atoms with Crippen molar-refractivity contribution in [3.8, 4) is 10.6 Å². The van der Waals surface area contributed by atoms with E-state index in [0.717, 1.165) is 27.2 Å². The number of halogens is 3. The van der Waals surface area contributed by atoms with Crippen LogP contribution in [0.15, 0.2) is 42.6 Å². The van der Waals surface area contributed by atoms with Gasteiger partial charge < -0.3 is 4.98 Å². The highest BCUT2D eigenvalue weighted by atomic mass is 32.1. The van der Waals surface area contributed by atoms with Crippen molar-refractivity contribution >= 4 is 21.4 Å². The first-order chi connectivity index (χ1) is 9.04. The van der Waals surface area contributed by atoms with Gasteiger partial charge in [0, 0.05) is 11.9 Å². The molecule has 0 saturated heterocycles. The van der Waals surface area contributed by atoms with Gasteiger partial charge in [-0.25, -0.2) is 11.3 Å². The topological polar surface area (TPSA) is 12.9 Å². The molecule has 0 bridgehead atoms. The lowest BCUT2D eigenvalue weighted by Gasteiger charge is -2.07. The summed E-state index contributed by atoms with van der Waals surface area (Å²) in [5.41, 5.74) is -0.230. The van der Waals surface area contributed by atoms with E-state index in [1.807, 2.05) is 24.3 Å². The number of nitrogens with zero attached hydrogens (tertiary/aromatic N) is 1. The highest BCUT2D eigenvalue weighted by Crippen LogP contribution is 2.33. The van der Waals surface area contributed by atoms with Gasteiger partial charge in [-0.1, -0.05) is 24.3 Å². The van der Waals surface area contributed by atoms with Crippen molar-refractivity contribution in [3.63, 3.8) is 0 Å². The van der Waals surface area contributed by atoms with Crippen molar-refractivity contribution in [1.29, 1.82) is 0 Å². The average molecular weight is 278 g/mol. The third-order valence-electron chi connectivity index (χ3n) is 2.67. The highest BCUT2D eigenvalue weighted by Gasteiger charge is 2.30. The first-order valence-corrected chi connectivity index (χ1v) is 6.30. The first kappa shape index (κ1) is 12.2. The van der Waals surface area contributed by atoms with Crippen molar-refractivity contribution in [2.24, 2.45) is 0 Å². The summed E-state index contributed by atoms with van der Waals surface area (Å²) < 4.78 is 38.4. The van der Waals surface area contributed by atoms with Gasteiger partial charge in [0.1, 0.15) is 0 Å². The summed E-state index contributed by atoms with van der Waals surface area (Å²) in [6.07, 6.45) is -3.50. The molecule has 0 aliphatic heterocycles. The van der Waals surface area contributed by atoms with Crippen molar-refractivity contribution in [2.75, 3.05) is 0 Å². The van der Waals surface area contributed by atoms with Crippen LogP contribution in [0.3, 0.4) is 0 Å². The van der Waals surface area contributed by atoms with Crippen LogP contribution in [0.5, 0.6) is 0 Å². The van der Waals surface area contributed by atoms with Crippen LogP contribution < -0.4 is 0 Å². The van der Waals surface area contributed by atoms with Crippen molar-refractivity contribution in [2.45, 2.75) is 6.18 Å². The van der Waals surface area contributed by atoms with Gasteiger partial charge >= 0.3 is 6.18 Å². The van der Waals surface area contributed by atoms with E-state index in [2.05, 4.69) is 11.1 Å². The zero-order valence-corrected chi connectivity index (χ0v) is 10.3. The van der Waals surface area contributed by atoms with Crippen LogP contribution in [0, 0.1) is 6.07 Å². The fraction of sp³-hybridized carbons (Fsp3) is 0.0714. The molecule has 2 aromatic heterocycles. The highest BCUT2D eigenvalue weighted by molar-refractivity contribution is 7.22. The largest absolute Gasteiger partial charge is 0.417 e. The van der Waals surface area contributed by atoms with Crippen LogP contribution in [0.4, 0.5) is 13.2 Å². The number of benzene rings is 1. The second-order valence-electron chi connectivity index (χ2n) is 3.98. The first-order valence-electron chi connectivity index (χ1n) is 5.48. The van der Waals surface area contributed by atoms with E-state index in [9.17, 15) is 13.2 Å². The molecule has 3 aromatic rings. The summed E-state index contributed by atoms with van der Waals surface area (Å²) in [5.74, 6) is 0. The zero-order valence-electron chi connectivity index (χ0n) is 9.53. The van der Waals surface area contributed by atoms with Gasteiger partial charge in [-0.3, -0.25) is 0 Å². The van der Waals surface area contributed by atoms with E-state index in [4.69, 9.17) is 0 Å². The molecule has 2 heterocycles. The molecular formula is C14H7F3NS-. The minimum absolute atomic E-state index is 0.509.